The summed E-state index contributed by atoms with van der Waals surface area (Å²) >= 11 is 4.99. The van der Waals surface area contributed by atoms with Crippen LogP contribution >= 0.6 is 12.2 Å². The Morgan fingerprint density at radius 3 is 2.44 bits per heavy atom. The highest BCUT2D eigenvalue weighted by Gasteiger charge is 2.21. The number of carbonyl (C=O) groups is 1. The first-order valence-corrected chi connectivity index (χ1v) is 6.52. The zero-order valence-corrected chi connectivity index (χ0v) is 11.7. The Labute approximate surface area is 114 Å². The number of hydrogen-bond acceptors (Lipinski definition) is 2. The first-order valence-electron chi connectivity index (χ1n) is 6.11. The molecule has 4 heteroatoms. The lowest BCUT2D eigenvalue weighted by Gasteiger charge is -2.16. The van der Waals surface area contributed by atoms with Gasteiger partial charge in [0, 0.05) is 6.54 Å². The van der Waals surface area contributed by atoms with Crippen LogP contribution in [0.4, 0.5) is 0 Å². The summed E-state index contributed by atoms with van der Waals surface area (Å²) in [6.07, 6.45) is 0.556. The van der Waals surface area contributed by atoms with E-state index >= 15 is 0 Å². The van der Waals surface area contributed by atoms with Crippen molar-refractivity contribution >= 4 is 23.1 Å². The van der Waals surface area contributed by atoms with Crippen LogP contribution in [0.15, 0.2) is 30.3 Å². The van der Waals surface area contributed by atoms with E-state index in [2.05, 4.69) is 5.32 Å². The average molecular weight is 264 g/mol. The third-order valence-electron chi connectivity index (χ3n) is 2.63. The first kappa shape index (κ1) is 14.6. The Morgan fingerprint density at radius 1 is 1.33 bits per heavy atom. The highest BCUT2D eigenvalue weighted by Crippen LogP contribution is 2.09. The highest BCUT2D eigenvalue weighted by molar-refractivity contribution is 7.80. The van der Waals surface area contributed by atoms with Crippen molar-refractivity contribution < 1.29 is 4.79 Å². The van der Waals surface area contributed by atoms with E-state index in [-0.39, 0.29) is 10.9 Å². The molecule has 0 aliphatic heterocycles. The van der Waals surface area contributed by atoms with E-state index in [0.717, 1.165) is 5.56 Å². The fourth-order valence-corrected chi connectivity index (χ4v) is 1.79. The summed E-state index contributed by atoms with van der Waals surface area (Å²) in [6, 6.07) is 9.77. The van der Waals surface area contributed by atoms with Crippen molar-refractivity contribution in [2.75, 3.05) is 6.54 Å². The Morgan fingerprint density at radius 2 is 1.94 bits per heavy atom. The van der Waals surface area contributed by atoms with Crippen molar-refractivity contribution in [2.45, 2.75) is 20.3 Å². The van der Waals surface area contributed by atoms with E-state index in [0.29, 0.717) is 18.9 Å². The Bertz CT molecular complexity index is 404. The summed E-state index contributed by atoms with van der Waals surface area (Å²) in [7, 11) is 0. The second-order valence-corrected chi connectivity index (χ2v) is 5.26. The number of amides is 1. The predicted octanol–water partition coefficient (Wildman–Crippen LogP) is 1.90. The molecular formula is C14H20N2OS. The van der Waals surface area contributed by atoms with Crippen LogP contribution in [0.25, 0.3) is 0 Å². The zero-order valence-electron chi connectivity index (χ0n) is 10.8. The van der Waals surface area contributed by atoms with Crippen LogP contribution in [0.2, 0.25) is 0 Å². The molecule has 18 heavy (non-hydrogen) atoms. The summed E-state index contributed by atoms with van der Waals surface area (Å²) < 4.78 is 0. The van der Waals surface area contributed by atoms with Crippen molar-refractivity contribution in [3.63, 3.8) is 0 Å². The molecule has 1 atom stereocenters. The van der Waals surface area contributed by atoms with Gasteiger partial charge in [0.25, 0.3) is 0 Å². The van der Waals surface area contributed by atoms with E-state index in [1.807, 2.05) is 44.2 Å². The fourth-order valence-electron chi connectivity index (χ4n) is 1.60. The maximum absolute atomic E-state index is 12.0. The number of hydrogen-bond donors (Lipinski definition) is 2. The topological polar surface area (TPSA) is 55.1 Å². The summed E-state index contributed by atoms with van der Waals surface area (Å²) in [5.41, 5.74) is 6.73. The standard InChI is InChI=1S/C14H20N2OS/c1-10(2)9-16-14(17)12(13(15)18)8-11-6-4-3-5-7-11/h3-7,10,12H,8-9H2,1-2H3,(H2,15,18)(H,16,17). The minimum absolute atomic E-state index is 0.0833. The molecule has 0 saturated heterocycles. The number of carbonyl (C=O) groups excluding carboxylic acids is 1. The van der Waals surface area contributed by atoms with Gasteiger partial charge in [-0.15, -0.1) is 0 Å². The largest absolute Gasteiger partial charge is 0.393 e. The minimum atomic E-state index is -0.429. The van der Waals surface area contributed by atoms with Crippen molar-refractivity contribution in [1.82, 2.24) is 5.32 Å². The van der Waals surface area contributed by atoms with Crippen LogP contribution in [0.1, 0.15) is 19.4 Å². The van der Waals surface area contributed by atoms with Crippen LogP contribution in [0.5, 0.6) is 0 Å². The zero-order chi connectivity index (χ0) is 13.5. The molecule has 1 aromatic carbocycles. The van der Waals surface area contributed by atoms with Gasteiger partial charge >= 0.3 is 0 Å². The summed E-state index contributed by atoms with van der Waals surface area (Å²) in [5, 5.41) is 2.88. The first-order chi connectivity index (χ1) is 8.50. The van der Waals surface area contributed by atoms with Gasteiger partial charge in [-0.3, -0.25) is 4.79 Å². The highest BCUT2D eigenvalue weighted by atomic mass is 32.1. The molecule has 0 spiro atoms. The van der Waals surface area contributed by atoms with Crippen molar-refractivity contribution in [1.29, 1.82) is 0 Å². The van der Waals surface area contributed by atoms with Gasteiger partial charge in [0.1, 0.15) is 0 Å². The van der Waals surface area contributed by atoms with Crippen LogP contribution in [-0.4, -0.2) is 17.4 Å². The molecule has 1 aromatic rings. The molecule has 0 aliphatic carbocycles. The van der Waals surface area contributed by atoms with Crippen molar-refractivity contribution in [2.24, 2.45) is 17.6 Å². The number of nitrogens with two attached hydrogens (primary N) is 1. The molecule has 0 aliphatic rings. The van der Waals surface area contributed by atoms with Crippen LogP contribution in [0.3, 0.4) is 0 Å². The normalized spacial score (nSPS) is 12.2. The number of thiocarbonyl (C=S) groups is 1. The van der Waals surface area contributed by atoms with Crippen molar-refractivity contribution in [3.8, 4) is 0 Å². The lowest BCUT2D eigenvalue weighted by atomic mass is 9.98. The van der Waals surface area contributed by atoms with E-state index < -0.39 is 5.92 Å². The van der Waals surface area contributed by atoms with Crippen LogP contribution in [-0.2, 0) is 11.2 Å². The number of benzene rings is 1. The van der Waals surface area contributed by atoms with Crippen LogP contribution < -0.4 is 11.1 Å². The van der Waals surface area contributed by atoms with E-state index in [1.165, 1.54) is 0 Å². The maximum atomic E-state index is 12.0. The molecule has 1 amide bonds. The summed E-state index contributed by atoms with van der Waals surface area (Å²) in [5.74, 6) is -0.0983. The smallest absolute Gasteiger partial charge is 0.230 e. The molecule has 98 valence electrons. The second kappa shape index (κ2) is 7.11. The summed E-state index contributed by atoms with van der Waals surface area (Å²) in [6.45, 7) is 4.74. The molecule has 1 rings (SSSR count). The maximum Gasteiger partial charge on any atom is 0.230 e. The van der Waals surface area contributed by atoms with Gasteiger partial charge in [-0.25, -0.2) is 0 Å². The molecule has 3 N–H and O–H groups in total. The number of nitrogens with one attached hydrogen (secondary N) is 1. The molecule has 1 unspecified atom stereocenters. The molecular weight excluding hydrogens is 244 g/mol. The Balaban J connectivity index is 2.65. The molecule has 0 heterocycles. The molecule has 0 fully saturated rings. The molecule has 0 aromatic heterocycles. The van der Waals surface area contributed by atoms with Gasteiger partial charge < -0.3 is 11.1 Å². The Hall–Kier alpha value is -1.42. The van der Waals surface area contributed by atoms with Gasteiger partial charge in [-0.05, 0) is 17.9 Å². The monoisotopic (exact) mass is 264 g/mol. The lowest BCUT2D eigenvalue weighted by molar-refractivity contribution is -0.123. The predicted molar refractivity (Wildman–Crippen MR) is 78.3 cm³/mol. The lowest BCUT2D eigenvalue weighted by Crippen LogP contribution is -2.40. The minimum Gasteiger partial charge on any atom is -0.393 e. The van der Waals surface area contributed by atoms with E-state index in [4.69, 9.17) is 18.0 Å². The van der Waals surface area contributed by atoms with Gasteiger partial charge in [-0.1, -0.05) is 56.4 Å². The Kier molecular flexibility index (Phi) is 5.78. The quantitative estimate of drug-likeness (QED) is 0.772. The molecule has 3 nitrogen and oxygen atoms in total. The number of rotatable bonds is 6. The van der Waals surface area contributed by atoms with Crippen molar-refractivity contribution in [3.05, 3.63) is 35.9 Å². The van der Waals surface area contributed by atoms with Crippen LogP contribution in [0, 0.1) is 11.8 Å². The second-order valence-electron chi connectivity index (χ2n) is 4.78. The SMILES string of the molecule is CC(C)CNC(=O)C(Cc1ccccc1)C(N)=S. The fraction of sp³-hybridized carbons (Fsp3) is 0.429. The van der Waals surface area contributed by atoms with Gasteiger partial charge in [-0.2, -0.15) is 0 Å². The molecule has 0 radical (unpaired) electrons. The summed E-state index contributed by atoms with van der Waals surface area (Å²) in [4.78, 5) is 12.3. The van der Waals surface area contributed by atoms with Gasteiger partial charge in [0.2, 0.25) is 5.91 Å². The third-order valence-corrected chi connectivity index (χ3v) is 2.91. The third kappa shape index (κ3) is 4.84. The van der Waals surface area contributed by atoms with Gasteiger partial charge in [0.15, 0.2) is 0 Å². The average Bonchev–Trinajstić information content (AvgIpc) is 2.34. The van der Waals surface area contributed by atoms with E-state index in [1.54, 1.807) is 0 Å². The molecule has 0 saturated carbocycles. The van der Waals surface area contributed by atoms with Gasteiger partial charge in [0.05, 0.1) is 10.9 Å². The molecule has 0 bridgehead atoms. The van der Waals surface area contributed by atoms with E-state index in [9.17, 15) is 4.79 Å².